The van der Waals surface area contributed by atoms with Crippen LogP contribution >= 0.6 is 11.3 Å². The van der Waals surface area contributed by atoms with E-state index in [1.54, 1.807) is 11.3 Å². The van der Waals surface area contributed by atoms with Gasteiger partial charge in [-0.3, -0.25) is 5.32 Å². The number of thiazole rings is 1. The lowest BCUT2D eigenvalue weighted by Crippen LogP contribution is -2.21. The summed E-state index contributed by atoms with van der Waals surface area (Å²) in [5.74, 6) is 0.968. The minimum atomic E-state index is 0.154. The SMILES string of the molecule is CCc1cnc(C(C)NC(C)c2cc3ccccc3o2)s1. The Bertz CT molecular complexity index is 698. The topological polar surface area (TPSA) is 38.1 Å². The van der Waals surface area contributed by atoms with Crippen molar-refractivity contribution in [2.45, 2.75) is 39.3 Å². The van der Waals surface area contributed by atoms with Gasteiger partial charge in [-0.15, -0.1) is 11.3 Å². The normalized spacial score (nSPS) is 14.4. The fourth-order valence-corrected chi connectivity index (χ4v) is 3.30. The molecule has 0 saturated carbocycles. The highest BCUT2D eigenvalue weighted by molar-refractivity contribution is 7.11. The Morgan fingerprint density at radius 3 is 2.76 bits per heavy atom. The van der Waals surface area contributed by atoms with Crippen LogP contribution in [0, 0.1) is 0 Å². The lowest BCUT2D eigenvalue weighted by atomic mass is 10.2. The van der Waals surface area contributed by atoms with Gasteiger partial charge in [0.2, 0.25) is 0 Å². The lowest BCUT2D eigenvalue weighted by Gasteiger charge is -2.16. The highest BCUT2D eigenvalue weighted by atomic mass is 32.1. The zero-order chi connectivity index (χ0) is 14.8. The molecular formula is C17H20N2OS. The molecular weight excluding hydrogens is 280 g/mol. The Labute approximate surface area is 129 Å². The Kier molecular flexibility index (Phi) is 4.08. The molecule has 4 heteroatoms. The van der Waals surface area contributed by atoms with E-state index < -0.39 is 0 Å². The minimum absolute atomic E-state index is 0.154. The second-order valence-corrected chi connectivity index (χ2v) is 6.46. The standard InChI is InChI=1S/C17H20N2OS/c1-4-14-10-18-17(21-14)12(3)19-11(2)16-9-13-7-5-6-8-15(13)20-16/h5-12,19H,4H2,1-3H3. The van der Waals surface area contributed by atoms with Gasteiger partial charge in [-0.2, -0.15) is 0 Å². The maximum absolute atomic E-state index is 5.91. The Hall–Kier alpha value is -1.65. The molecule has 2 unspecified atom stereocenters. The van der Waals surface area contributed by atoms with Gasteiger partial charge < -0.3 is 4.42 Å². The Morgan fingerprint density at radius 2 is 2.05 bits per heavy atom. The summed E-state index contributed by atoms with van der Waals surface area (Å²) in [7, 11) is 0. The van der Waals surface area contributed by atoms with E-state index in [1.807, 2.05) is 24.4 Å². The molecule has 2 heterocycles. The molecule has 0 bridgehead atoms. The van der Waals surface area contributed by atoms with Crippen LogP contribution in [0.15, 0.2) is 40.9 Å². The Morgan fingerprint density at radius 1 is 1.24 bits per heavy atom. The van der Waals surface area contributed by atoms with E-state index in [0.29, 0.717) is 0 Å². The highest BCUT2D eigenvalue weighted by Gasteiger charge is 2.17. The van der Waals surface area contributed by atoms with Gasteiger partial charge in [0.25, 0.3) is 0 Å². The van der Waals surface area contributed by atoms with E-state index in [2.05, 4.69) is 43.2 Å². The zero-order valence-corrected chi connectivity index (χ0v) is 13.4. The molecule has 2 aromatic heterocycles. The first kappa shape index (κ1) is 14.3. The number of hydrogen-bond donors (Lipinski definition) is 1. The number of aromatic nitrogens is 1. The summed E-state index contributed by atoms with van der Waals surface area (Å²) in [6, 6.07) is 10.6. The fourth-order valence-electron chi connectivity index (χ4n) is 2.43. The summed E-state index contributed by atoms with van der Waals surface area (Å²) in [4.78, 5) is 5.83. The average molecular weight is 300 g/mol. The third-order valence-electron chi connectivity index (χ3n) is 3.66. The van der Waals surface area contributed by atoms with Crippen LogP contribution in [0.5, 0.6) is 0 Å². The molecule has 0 fully saturated rings. The van der Waals surface area contributed by atoms with Crippen molar-refractivity contribution < 1.29 is 4.42 Å². The fraction of sp³-hybridized carbons (Fsp3) is 0.353. The smallest absolute Gasteiger partial charge is 0.134 e. The molecule has 0 aliphatic carbocycles. The quantitative estimate of drug-likeness (QED) is 0.731. The third-order valence-corrected chi connectivity index (χ3v) is 4.99. The van der Waals surface area contributed by atoms with Gasteiger partial charge in [0, 0.05) is 16.5 Å². The van der Waals surface area contributed by atoms with Crippen LogP contribution in [0.1, 0.15) is 48.5 Å². The summed E-state index contributed by atoms with van der Waals surface area (Å²) < 4.78 is 5.91. The van der Waals surface area contributed by atoms with Crippen molar-refractivity contribution in [2.75, 3.05) is 0 Å². The van der Waals surface area contributed by atoms with E-state index in [0.717, 1.165) is 28.2 Å². The van der Waals surface area contributed by atoms with Crippen LogP contribution in [0.2, 0.25) is 0 Å². The van der Waals surface area contributed by atoms with Crippen LogP contribution in [-0.4, -0.2) is 4.98 Å². The van der Waals surface area contributed by atoms with Gasteiger partial charge >= 0.3 is 0 Å². The molecule has 3 rings (SSSR count). The van der Waals surface area contributed by atoms with Gasteiger partial charge in [-0.25, -0.2) is 4.98 Å². The van der Waals surface area contributed by atoms with Crippen molar-refractivity contribution in [3.05, 3.63) is 52.2 Å². The second kappa shape index (κ2) is 6.00. The maximum atomic E-state index is 5.91. The number of rotatable bonds is 5. The number of hydrogen-bond acceptors (Lipinski definition) is 4. The predicted molar refractivity (Wildman–Crippen MR) is 87.7 cm³/mol. The van der Waals surface area contributed by atoms with E-state index in [4.69, 9.17) is 4.42 Å². The van der Waals surface area contributed by atoms with Gasteiger partial charge in [0.1, 0.15) is 16.4 Å². The van der Waals surface area contributed by atoms with Crippen LogP contribution in [0.25, 0.3) is 11.0 Å². The molecule has 21 heavy (non-hydrogen) atoms. The summed E-state index contributed by atoms with van der Waals surface area (Å²) in [5.41, 5.74) is 0.941. The van der Waals surface area contributed by atoms with Gasteiger partial charge in [-0.1, -0.05) is 25.1 Å². The first-order chi connectivity index (χ1) is 10.2. The monoisotopic (exact) mass is 300 g/mol. The molecule has 0 saturated heterocycles. The van der Waals surface area contributed by atoms with Crippen LogP contribution in [0.4, 0.5) is 0 Å². The Balaban J connectivity index is 1.74. The number of nitrogens with zero attached hydrogens (tertiary/aromatic N) is 1. The molecule has 0 aliphatic heterocycles. The summed E-state index contributed by atoms with van der Waals surface area (Å²) >= 11 is 1.78. The number of aryl methyl sites for hydroxylation is 1. The summed E-state index contributed by atoms with van der Waals surface area (Å²) in [6.07, 6.45) is 3.02. The highest BCUT2D eigenvalue weighted by Crippen LogP contribution is 2.27. The number of nitrogens with one attached hydrogen (secondary N) is 1. The molecule has 2 atom stereocenters. The number of furan rings is 1. The molecule has 1 N–H and O–H groups in total. The number of fused-ring (bicyclic) bond motifs is 1. The van der Waals surface area contributed by atoms with Crippen molar-refractivity contribution in [1.82, 2.24) is 10.3 Å². The van der Waals surface area contributed by atoms with Gasteiger partial charge in [0.05, 0.1) is 12.1 Å². The molecule has 0 spiro atoms. The molecule has 0 amide bonds. The minimum Gasteiger partial charge on any atom is -0.459 e. The van der Waals surface area contributed by atoms with Crippen molar-refractivity contribution in [3.8, 4) is 0 Å². The number of benzene rings is 1. The maximum Gasteiger partial charge on any atom is 0.134 e. The van der Waals surface area contributed by atoms with Gasteiger partial charge in [0.15, 0.2) is 0 Å². The predicted octanol–water partition coefficient (Wildman–Crippen LogP) is 4.86. The second-order valence-electron chi connectivity index (χ2n) is 5.32. The zero-order valence-electron chi connectivity index (χ0n) is 12.6. The van der Waals surface area contributed by atoms with Crippen LogP contribution in [-0.2, 0) is 6.42 Å². The van der Waals surface area contributed by atoms with E-state index in [1.165, 1.54) is 4.88 Å². The molecule has 3 nitrogen and oxygen atoms in total. The van der Waals surface area contributed by atoms with E-state index in [-0.39, 0.29) is 12.1 Å². The first-order valence-electron chi connectivity index (χ1n) is 7.36. The van der Waals surface area contributed by atoms with Crippen molar-refractivity contribution in [2.24, 2.45) is 0 Å². The average Bonchev–Trinajstić information content (AvgIpc) is 3.13. The molecule has 0 radical (unpaired) electrons. The summed E-state index contributed by atoms with van der Waals surface area (Å²) in [6.45, 7) is 6.44. The molecule has 110 valence electrons. The van der Waals surface area contributed by atoms with Crippen molar-refractivity contribution in [3.63, 3.8) is 0 Å². The van der Waals surface area contributed by atoms with Crippen molar-refractivity contribution >= 4 is 22.3 Å². The third kappa shape index (κ3) is 3.01. The largest absolute Gasteiger partial charge is 0.459 e. The molecule has 1 aromatic carbocycles. The lowest BCUT2D eigenvalue weighted by molar-refractivity contribution is 0.416. The van der Waals surface area contributed by atoms with E-state index in [9.17, 15) is 0 Å². The summed E-state index contributed by atoms with van der Waals surface area (Å²) in [5, 5.41) is 5.85. The molecule has 0 aliphatic rings. The van der Waals surface area contributed by atoms with Gasteiger partial charge in [-0.05, 0) is 32.4 Å². The van der Waals surface area contributed by atoms with Crippen LogP contribution in [0.3, 0.4) is 0 Å². The van der Waals surface area contributed by atoms with E-state index >= 15 is 0 Å². The van der Waals surface area contributed by atoms with Crippen LogP contribution < -0.4 is 5.32 Å². The van der Waals surface area contributed by atoms with Crippen molar-refractivity contribution in [1.29, 1.82) is 0 Å². The first-order valence-corrected chi connectivity index (χ1v) is 8.18. The molecule has 3 aromatic rings. The number of para-hydroxylation sites is 1.